The van der Waals surface area contributed by atoms with Gasteiger partial charge in [0, 0.05) is 48.2 Å². The lowest BCUT2D eigenvalue weighted by Crippen LogP contribution is -2.29. The lowest BCUT2D eigenvalue weighted by atomic mass is 9.99. The molecule has 2 aromatic rings. The second-order valence-corrected chi connectivity index (χ2v) is 6.42. The van der Waals surface area contributed by atoms with E-state index in [1.165, 1.54) is 22.0 Å². The Bertz CT molecular complexity index is 515. The van der Waals surface area contributed by atoms with Gasteiger partial charge in [0.15, 0.2) is 0 Å². The van der Waals surface area contributed by atoms with Gasteiger partial charge < -0.3 is 9.88 Å². The van der Waals surface area contributed by atoms with E-state index in [2.05, 4.69) is 40.1 Å². The fourth-order valence-electron chi connectivity index (χ4n) is 2.58. The van der Waals surface area contributed by atoms with Crippen LogP contribution in [0.15, 0.2) is 24.5 Å². The molecule has 0 bridgehead atoms. The largest absolute Gasteiger partial charge is 0.335 e. The third kappa shape index (κ3) is 2.65. The van der Waals surface area contributed by atoms with Crippen LogP contribution in [-0.2, 0) is 19.5 Å². The maximum atomic E-state index is 4.37. The molecule has 0 radical (unpaired) electrons. The van der Waals surface area contributed by atoms with E-state index in [9.17, 15) is 0 Å². The summed E-state index contributed by atoms with van der Waals surface area (Å²) >= 11 is 1.89. The molecule has 3 nitrogen and oxygen atoms in total. The molecule has 3 rings (SSSR count). The van der Waals surface area contributed by atoms with E-state index in [0.29, 0.717) is 0 Å². The minimum Gasteiger partial charge on any atom is -0.335 e. The van der Waals surface area contributed by atoms with Crippen LogP contribution in [-0.4, -0.2) is 16.1 Å². The Balaban J connectivity index is 1.47. The van der Waals surface area contributed by atoms with Crippen molar-refractivity contribution in [3.05, 3.63) is 40.1 Å². The summed E-state index contributed by atoms with van der Waals surface area (Å²) in [6.45, 7) is 5.39. The van der Waals surface area contributed by atoms with Gasteiger partial charge in [0.2, 0.25) is 0 Å². The molecule has 0 aromatic carbocycles. The highest BCUT2D eigenvalue weighted by Gasteiger charge is 2.18. The number of hydrogen-bond acceptors (Lipinski definition) is 3. The molecule has 0 amide bonds. The SMILES string of the molecule is Cc1ccc(CNC[C@H]2CCc3nccn3C2)s1. The standard InChI is InChI=1S/C14H19N3S/c1-11-2-4-13(18-11)9-15-8-12-3-5-14-16-6-7-17(14)10-12/h2,4,6-7,12,15H,3,5,8-10H2,1H3/t12-/m1/s1. The number of hydrogen-bond donors (Lipinski definition) is 1. The van der Waals surface area contributed by atoms with E-state index in [1.54, 1.807) is 0 Å². The number of aryl methyl sites for hydroxylation is 2. The minimum atomic E-state index is 0.743. The average molecular weight is 261 g/mol. The summed E-state index contributed by atoms with van der Waals surface area (Å²) in [7, 11) is 0. The molecular weight excluding hydrogens is 242 g/mol. The monoisotopic (exact) mass is 261 g/mol. The first-order valence-corrected chi connectivity index (χ1v) is 7.39. The van der Waals surface area contributed by atoms with Crippen molar-refractivity contribution >= 4 is 11.3 Å². The second-order valence-electron chi connectivity index (χ2n) is 5.04. The van der Waals surface area contributed by atoms with Crippen molar-refractivity contribution in [3.63, 3.8) is 0 Å². The first kappa shape index (κ1) is 11.9. The summed E-state index contributed by atoms with van der Waals surface area (Å²) in [5, 5.41) is 3.58. The predicted molar refractivity (Wildman–Crippen MR) is 74.8 cm³/mol. The molecule has 0 fully saturated rings. The average Bonchev–Trinajstić information content (AvgIpc) is 2.97. The Labute approximate surface area is 112 Å². The van der Waals surface area contributed by atoms with E-state index >= 15 is 0 Å². The number of thiophene rings is 1. The first-order chi connectivity index (χ1) is 8.81. The lowest BCUT2D eigenvalue weighted by molar-refractivity contribution is 0.348. The van der Waals surface area contributed by atoms with Gasteiger partial charge in [-0.05, 0) is 31.4 Å². The number of imidazole rings is 1. The third-order valence-electron chi connectivity index (χ3n) is 3.56. The molecule has 2 aromatic heterocycles. The molecule has 0 saturated heterocycles. The van der Waals surface area contributed by atoms with Crippen molar-refractivity contribution in [2.75, 3.05) is 6.54 Å². The molecular formula is C14H19N3S. The van der Waals surface area contributed by atoms with Gasteiger partial charge in [-0.3, -0.25) is 0 Å². The van der Waals surface area contributed by atoms with E-state index < -0.39 is 0 Å². The van der Waals surface area contributed by atoms with E-state index in [1.807, 2.05) is 17.5 Å². The van der Waals surface area contributed by atoms with E-state index in [4.69, 9.17) is 0 Å². The molecule has 96 valence electrons. The van der Waals surface area contributed by atoms with Crippen LogP contribution in [0.1, 0.15) is 22.0 Å². The molecule has 1 aliphatic heterocycles. The molecule has 0 unspecified atom stereocenters. The van der Waals surface area contributed by atoms with Crippen LogP contribution < -0.4 is 5.32 Å². The Morgan fingerprint density at radius 2 is 2.44 bits per heavy atom. The highest BCUT2D eigenvalue weighted by atomic mass is 32.1. The van der Waals surface area contributed by atoms with Crippen molar-refractivity contribution in [2.24, 2.45) is 5.92 Å². The summed E-state index contributed by atoms with van der Waals surface area (Å²) in [4.78, 5) is 7.20. The number of nitrogens with one attached hydrogen (secondary N) is 1. The summed E-state index contributed by atoms with van der Waals surface area (Å²) in [6.07, 6.45) is 6.40. The fourth-order valence-corrected chi connectivity index (χ4v) is 3.44. The summed E-state index contributed by atoms with van der Waals surface area (Å²) in [5.41, 5.74) is 0. The van der Waals surface area contributed by atoms with Gasteiger partial charge >= 0.3 is 0 Å². The zero-order valence-corrected chi connectivity index (χ0v) is 11.5. The van der Waals surface area contributed by atoms with Crippen molar-refractivity contribution in [1.82, 2.24) is 14.9 Å². The van der Waals surface area contributed by atoms with Crippen LogP contribution in [0.25, 0.3) is 0 Å². The lowest BCUT2D eigenvalue weighted by Gasteiger charge is -2.23. The molecule has 1 atom stereocenters. The maximum absolute atomic E-state index is 4.37. The number of fused-ring (bicyclic) bond motifs is 1. The Morgan fingerprint density at radius 3 is 3.28 bits per heavy atom. The van der Waals surface area contributed by atoms with Crippen molar-refractivity contribution in [1.29, 1.82) is 0 Å². The molecule has 18 heavy (non-hydrogen) atoms. The van der Waals surface area contributed by atoms with Crippen molar-refractivity contribution in [2.45, 2.75) is 32.9 Å². The van der Waals surface area contributed by atoms with Crippen LogP contribution >= 0.6 is 11.3 Å². The fraction of sp³-hybridized carbons (Fsp3) is 0.500. The first-order valence-electron chi connectivity index (χ1n) is 6.57. The quantitative estimate of drug-likeness (QED) is 0.917. The predicted octanol–water partition coefficient (Wildman–Crippen LogP) is 2.61. The molecule has 1 N–H and O–H groups in total. The Morgan fingerprint density at radius 1 is 1.50 bits per heavy atom. The van der Waals surface area contributed by atoms with Crippen molar-refractivity contribution < 1.29 is 0 Å². The Kier molecular flexibility index (Phi) is 3.48. The van der Waals surface area contributed by atoms with Crippen LogP contribution in [0.2, 0.25) is 0 Å². The topological polar surface area (TPSA) is 29.9 Å². The normalized spacial score (nSPS) is 18.8. The Hall–Kier alpha value is -1.13. The van der Waals surface area contributed by atoms with E-state index in [-0.39, 0.29) is 0 Å². The van der Waals surface area contributed by atoms with Gasteiger partial charge in [-0.2, -0.15) is 0 Å². The summed E-state index contributed by atoms with van der Waals surface area (Å²) in [6, 6.07) is 4.42. The van der Waals surface area contributed by atoms with Crippen LogP contribution in [0.4, 0.5) is 0 Å². The van der Waals surface area contributed by atoms with Gasteiger partial charge in [0.05, 0.1) is 0 Å². The minimum absolute atomic E-state index is 0.743. The molecule has 4 heteroatoms. The molecule has 0 saturated carbocycles. The third-order valence-corrected chi connectivity index (χ3v) is 4.56. The molecule has 0 spiro atoms. The van der Waals surface area contributed by atoms with Gasteiger partial charge in [0.25, 0.3) is 0 Å². The highest BCUT2D eigenvalue weighted by molar-refractivity contribution is 7.11. The molecule has 1 aliphatic rings. The zero-order chi connectivity index (χ0) is 12.4. The van der Waals surface area contributed by atoms with Gasteiger partial charge in [-0.25, -0.2) is 4.98 Å². The van der Waals surface area contributed by atoms with Gasteiger partial charge in [-0.1, -0.05) is 0 Å². The van der Waals surface area contributed by atoms with Crippen molar-refractivity contribution in [3.8, 4) is 0 Å². The maximum Gasteiger partial charge on any atom is 0.108 e. The van der Waals surface area contributed by atoms with Gasteiger partial charge in [-0.15, -0.1) is 11.3 Å². The number of rotatable bonds is 4. The smallest absolute Gasteiger partial charge is 0.108 e. The van der Waals surface area contributed by atoms with Crippen LogP contribution in [0.3, 0.4) is 0 Å². The number of aromatic nitrogens is 2. The number of nitrogens with zero attached hydrogens (tertiary/aromatic N) is 2. The second kappa shape index (κ2) is 5.24. The zero-order valence-electron chi connectivity index (χ0n) is 10.7. The molecule has 0 aliphatic carbocycles. The highest BCUT2D eigenvalue weighted by Crippen LogP contribution is 2.19. The summed E-state index contributed by atoms with van der Waals surface area (Å²) < 4.78 is 2.30. The van der Waals surface area contributed by atoms with Crippen LogP contribution in [0, 0.1) is 12.8 Å². The van der Waals surface area contributed by atoms with Gasteiger partial charge in [0.1, 0.15) is 5.82 Å². The van der Waals surface area contributed by atoms with Crippen LogP contribution in [0.5, 0.6) is 0 Å². The summed E-state index contributed by atoms with van der Waals surface area (Å²) in [5.74, 6) is 1.99. The molecule has 3 heterocycles. The van der Waals surface area contributed by atoms with E-state index in [0.717, 1.165) is 32.0 Å².